The molecule has 4 nitrogen and oxygen atoms in total. The van der Waals surface area contributed by atoms with E-state index < -0.39 is 5.41 Å². The lowest BCUT2D eigenvalue weighted by atomic mass is 9.62. The molecule has 4 heteroatoms. The molecule has 1 saturated carbocycles. The van der Waals surface area contributed by atoms with Gasteiger partial charge in [0.2, 0.25) is 0 Å². The van der Waals surface area contributed by atoms with Crippen LogP contribution in [-0.2, 0) is 25.6 Å². The highest BCUT2D eigenvalue weighted by Gasteiger charge is 2.45. The standard InChI is InChI=1S/C23H32O4/c1-6-23(22(24)26-5)12-11-20(17(2)3)21(15-23)19-9-7-18(8-10-19)16-27-14-13-25-4/h6-10,20-21H,1-2,11-16H2,3-5H3/t20-,21-,23-/m0/s1. The van der Waals surface area contributed by atoms with Crippen LogP contribution in [0.15, 0.2) is 49.1 Å². The zero-order valence-corrected chi connectivity index (χ0v) is 16.8. The Morgan fingerprint density at radius 3 is 2.52 bits per heavy atom. The van der Waals surface area contributed by atoms with Gasteiger partial charge in [-0.1, -0.05) is 42.5 Å². The predicted octanol–water partition coefficient (Wildman–Crippen LogP) is 4.65. The number of carbonyl (C=O) groups excluding carboxylic acids is 1. The first-order chi connectivity index (χ1) is 13.0. The first-order valence-electron chi connectivity index (χ1n) is 9.50. The molecular formula is C23H32O4. The second-order valence-corrected chi connectivity index (χ2v) is 7.44. The van der Waals surface area contributed by atoms with Gasteiger partial charge in [0.15, 0.2) is 0 Å². The smallest absolute Gasteiger partial charge is 0.315 e. The molecule has 1 fully saturated rings. The Labute approximate surface area is 163 Å². The summed E-state index contributed by atoms with van der Waals surface area (Å²) in [7, 11) is 3.11. The normalized spacial score (nSPS) is 25.0. The average Bonchev–Trinajstić information content (AvgIpc) is 2.70. The number of allylic oxidation sites excluding steroid dienone is 1. The third kappa shape index (κ3) is 5.08. The third-order valence-electron chi connectivity index (χ3n) is 5.70. The lowest BCUT2D eigenvalue weighted by Crippen LogP contribution is -2.38. The zero-order valence-electron chi connectivity index (χ0n) is 16.8. The van der Waals surface area contributed by atoms with Crippen molar-refractivity contribution in [3.8, 4) is 0 Å². The highest BCUT2D eigenvalue weighted by Crippen LogP contribution is 2.50. The maximum absolute atomic E-state index is 12.5. The highest BCUT2D eigenvalue weighted by atomic mass is 16.5. The molecule has 0 N–H and O–H groups in total. The Morgan fingerprint density at radius 2 is 1.96 bits per heavy atom. The summed E-state index contributed by atoms with van der Waals surface area (Å²) in [6.07, 6.45) is 4.13. The number of benzene rings is 1. The Bertz CT molecular complexity index is 649. The number of rotatable bonds is 9. The van der Waals surface area contributed by atoms with Crippen molar-refractivity contribution in [2.75, 3.05) is 27.4 Å². The molecular weight excluding hydrogens is 340 g/mol. The molecule has 0 aliphatic heterocycles. The second kappa shape index (κ2) is 9.86. The molecule has 0 aromatic heterocycles. The molecule has 0 saturated heterocycles. The van der Waals surface area contributed by atoms with Crippen LogP contribution < -0.4 is 0 Å². The van der Waals surface area contributed by atoms with E-state index >= 15 is 0 Å². The fourth-order valence-corrected chi connectivity index (χ4v) is 4.04. The van der Waals surface area contributed by atoms with Gasteiger partial charge in [-0.25, -0.2) is 0 Å². The number of carbonyl (C=O) groups is 1. The Hall–Kier alpha value is -1.91. The minimum Gasteiger partial charge on any atom is -0.468 e. The van der Waals surface area contributed by atoms with E-state index in [-0.39, 0.29) is 11.9 Å². The SMILES string of the molecule is C=C[C@]1(C(=O)OC)CC[C@@H](C(=C)C)[C@H](c2ccc(COCCOC)cc2)C1. The van der Waals surface area contributed by atoms with Crippen LogP contribution in [0.3, 0.4) is 0 Å². The van der Waals surface area contributed by atoms with Crippen molar-refractivity contribution >= 4 is 5.97 Å². The first kappa shape index (κ1) is 21.4. The molecule has 1 aromatic carbocycles. The van der Waals surface area contributed by atoms with E-state index in [0.717, 1.165) is 24.0 Å². The van der Waals surface area contributed by atoms with Crippen LogP contribution in [0.2, 0.25) is 0 Å². The van der Waals surface area contributed by atoms with Crippen molar-refractivity contribution < 1.29 is 19.0 Å². The minimum atomic E-state index is -0.618. The van der Waals surface area contributed by atoms with Gasteiger partial charge in [-0.05, 0) is 49.1 Å². The number of hydrogen-bond acceptors (Lipinski definition) is 4. The summed E-state index contributed by atoms with van der Waals surface area (Å²) >= 11 is 0. The summed E-state index contributed by atoms with van der Waals surface area (Å²) in [5.41, 5.74) is 2.89. The van der Waals surface area contributed by atoms with Crippen molar-refractivity contribution in [2.45, 2.75) is 38.7 Å². The van der Waals surface area contributed by atoms with Gasteiger partial charge in [0.1, 0.15) is 0 Å². The average molecular weight is 373 g/mol. The number of esters is 1. The van der Waals surface area contributed by atoms with Gasteiger partial charge in [-0.3, -0.25) is 4.79 Å². The van der Waals surface area contributed by atoms with Gasteiger partial charge in [0.05, 0.1) is 32.3 Å². The van der Waals surface area contributed by atoms with E-state index in [4.69, 9.17) is 14.2 Å². The molecule has 27 heavy (non-hydrogen) atoms. The minimum absolute atomic E-state index is 0.189. The maximum Gasteiger partial charge on any atom is 0.315 e. The van der Waals surface area contributed by atoms with Gasteiger partial charge in [0.25, 0.3) is 0 Å². The second-order valence-electron chi connectivity index (χ2n) is 7.44. The fraction of sp³-hybridized carbons (Fsp3) is 0.522. The van der Waals surface area contributed by atoms with Crippen LogP contribution in [-0.4, -0.2) is 33.4 Å². The van der Waals surface area contributed by atoms with Crippen LogP contribution >= 0.6 is 0 Å². The molecule has 0 unspecified atom stereocenters. The van der Waals surface area contributed by atoms with Crippen molar-refractivity contribution in [2.24, 2.45) is 11.3 Å². The van der Waals surface area contributed by atoms with Gasteiger partial charge in [-0.15, -0.1) is 6.58 Å². The van der Waals surface area contributed by atoms with Crippen LogP contribution in [0, 0.1) is 11.3 Å². The van der Waals surface area contributed by atoms with Crippen molar-refractivity contribution in [3.05, 3.63) is 60.2 Å². The summed E-state index contributed by atoms with van der Waals surface area (Å²) in [6.45, 7) is 12.0. The highest BCUT2D eigenvalue weighted by molar-refractivity contribution is 5.79. The van der Waals surface area contributed by atoms with Crippen molar-refractivity contribution in [1.82, 2.24) is 0 Å². The van der Waals surface area contributed by atoms with E-state index in [9.17, 15) is 4.79 Å². The Kier molecular flexibility index (Phi) is 7.81. The maximum atomic E-state index is 12.5. The molecule has 148 valence electrons. The topological polar surface area (TPSA) is 44.8 Å². The van der Waals surface area contributed by atoms with E-state index in [1.165, 1.54) is 12.7 Å². The van der Waals surface area contributed by atoms with Gasteiger partial charge in [0, 0.05) is 7.11 Å². The van der Waals surface area contributed by atoms with E-state index in [1.54, 1.807) is 13.2 Å². The monoisotopic (exact) mass is 372 g/mol. The van der Waals surface area contributed by atoms with Gasteiger partial charge in [-0.2, -0.15) is 0 Å². The largest absolute Gasteiger partial charge is 0.468 e. The van der Waals surface area contributed by atoms with E-state index in [1.807, 2.05) is 0 Å². The van der Waals surface area contributed by atoms with Crippen LogP contribution in [0.25, 0.3) is 0 Å². The van der Waals surface area contributed by atoms with Crippen LogP contribution in [0.4, 0.5) is 0 Å². The lowest BCUT2D eigenvalue weighted by Gasteiger charge is -2.42. The van der Waals surface area contributed by atoms with Crippen molar-refractivity contribution in [1.29, 1.82) is 0 Å². The first-order valence-corrected chi connectivity index (χ1v) is 9.50. The fourth-order valence-electron chi connectivity index (χ4n) is 4.04. The zero-order chi connectivity index (χ0) is 19.9. The molecule has 1 aliphatic carbocycles. The number of ether oxygens (including phenoxy) is 3. The number of methoxy groups -OCH3 is 2. The Morgan fingerprint density at radius 1 is 1.26 bits per heavy atom. The molecule has 0 radical (unpaired) electrons. The van der Waals surface area contributed by atoms with Crippen LogP contribution in [0.5, 0.6) is 0 Å². The summed E-state index contributed by atoms with van der Waals surface area (Å²) in [5, 5.41) is 0. The van der Waals surface area contributed by atoms with E-state index in [2.05, 4.69) is 44.3 Å². The summed E-state index contributed by atoms with van der Waals surface area (Å²) in [5.74, 6) is 0.383. The molecule has 0 amide bonds. The molecule has 1 aliphatic rings. The molecule has 3 atom stereocenters. The quantitative estimate of drug-likeness (QED) is 0.359. The molecule has 0 heterocycles. The van der Waals surface area contributed by atoms with Gasteiger partial charge < -0.3 is 14.2 Å². The number of hydrogen-bond donors (Lipinski definition) is 0. The molecule has 0 bridgehead atoms. The lowest BCUT2D eigenvalue weighted by molar-refractivity contribution is -0.152. The third-order valence-corrected chi connectivity index (χ3v) is 5.70. The molecule has 1 aromatic rings. The predicted molar refractivity (Wildman–Crippen MR) is 108 cm³/mol. The Balaban J connectivity index is 2.19. The van der Waals surface area contributed by atoms with E-state index in [0.29, 0.717) is 32.2 Å². The van der Waals surface area contributed by atoms with Crippen molar-refractivity contribution in [3.63, 3.8) is 0 Å². The van der Waals surface area contributed by atoms with Gasteiger partial charge >= 0.3 is 5.97 Å². The summed E-state index contributed by atoms with van der Waals surface area (Å²) in [6, 6.07) is 8.48. The van der Waals surface area contributed by atoms with Crippen LogP contribution in [0.1, 0.15) is 43.2 Å². The molecule has 0 spiro atoms. The molecule has 2 rings (SSSR count). The summed E-state index contributed by atoms with van der Waals surface area (Å²) < 4.78 is 15.7. The summed E-state index contributed by atoms with van der Waals surface area (Å²) in [4.78, 5) is 12.5.